The fourth-order valence-electron chi connectivity index (χ4n) is 2.28. The van der Waals surface area contributed by atoms with E-state index < -0.39 is 0 Å². The molecule has 1 aromatic heterocycles. The Morgan fingerprint density at radius 1 is 1.28 bits per heavy atom. The van der Waals surface area contributed by atoms with E-state index in [1.54, 1.807) is 0 Å². The van der Waals surface area contributed by atoms with Gasteiger partial charge in [-0.25, -0.2) is 0 Å². The maximum Gasteiger partial charge on any atom is 0.231 e. The Hall–Kier alpha value is -1.68. The molecule has 1 fully saturated rings. The Labute approximate surface area is 106 Å². The molecular formula is C14H17N3O. The standard InChI is InChI=1S/C14H17N3O/c1-10-4-6-11(7-5-10)13-16-14(18-17-13)12-3-2-8-15-9-12/h4-7,12,15H,2-3,8-9H2,1H3. The van der Waals surface area contributed by atoms with E-state index >= 15 is 0 Å². The minimum atomic E-state index is 0.366. The minimum absolute atomic E-state index is 0.366. The van der Waals surface area contributed by atoms with E-state index in [-0.39, 0.29) is 0 Å². The molecule has 1 N–H and O–H groups in total. The minimum Gasteiger partial charge on any atom is -0.339 e. The number of aromatic nitrogens is 2. The zero-order valence-electron chi connectivity index (χ0n) is 10.5. The zero-order chi connectivity index (χ0) is 12.4. The van der Waals surface area contributed by atoms with Crippen LogP contribution in [0.3, 0.4) is 0 Å². The monoisotopic (exact) mass is 243 g/mol. The Morgan fingerprint density at radius 2 is 2.11 bits per heavy atom. The van der Waals surface area contributed by atoms with Crippen molar-refractivity contribution in [1.29, 1.82) is 0 Å². The average molecular weight is 243 g/mol. The summed E-state index contributed by atoms with van der Waals surface area (Å²) in [5.74, 6) is 1.82. The Morgan fingerprint density at radius 3 is 2.83 bits per heavy atom. The Balaban J connectivity index is 1.82. The first-order chi connectivity index (χ1) is 8.83. The van der Waals surface area contributed by atoms with Gasteiger partial charge in [0.15, 0.2) is 0 Å². The van der Waals surface area contributed by atoms with E-state index in [0.717, 1.165) is 31.0 Å². The number of benzene rings is 1. The lowest BCUT2D eigenvalue weighted by Crippen LogP contribution is -2.28. The predicted molar refractivity (Wildman–Crippen MR) is 69.3 cm³/mol. The van der Waals surface area contributed by atoms with Gasteiger partial charge in [0.05, 0.1) is 5.92 Å². The SMILES string of the molecule is Cc1ccc(-c2noc(C3CCCNC3)n2)cc1. The highest BCUT2D eigenvalue weighted by Gasteiger charge is 2.21. The maximum absolute atomic E-state index is 5.39. The molecule has 0 aliphatic carbocycles. The van der Waals surface area contributed by atoms with Gasteiger partial charge in [-0.15, -0.1) is 0 Å². The van der Waals surface area contributed by atoms with Crippen LogP contribution in [0.25, 0.3) is 11.4 Å². The molecule has 0 radical (unpaired) electrons. The fraction of sp³-hybridized carbons (Fsp3) is 0.429. The van der Waals surface area contributed by atoms with Crippen molar-refractivity contribution < 1.29 is 4.52 Å². The third kappa shape index (κ3) is 2.29. The van der Waals surface area contributed by atoms with Gasteiger partial charge in [0.25, 0.3) is 0 Å². The summed E-state index contributed by atoms with van der Waals surface area (Å²) in [6.07, 6.45) is 2.30. The molecule has 1 unspecified atom stereocenters. The van der Waals surface area contributed by atoms with Gasteiger partial charge in [0, 0.05) is 12.1 Å². The summed E-state index contributed by atoms with van der Waals surface area (Å²) in [7, 11) is 0. The summed E-state index contributed by atoms with van der Waals surface area (Å²) in [5.41, 5.74) is 2.25. The molecule has 0 bridgehead atoms. The summed E-state index contributed by atoms with van der Waals surface area (Å²) in [4.78, 5) is 4.52. The molecule has 2 heterocycles. The Kier molecular flexibility index (Phi) is 3.11. The normalized spacial score (nSPS) is 19.9. The largest absolute Gasteiger partial charge is 0.339 e. The Bertz CT molecular complexity index is 512. The molecule has 4 heteroatoms. The number of nitrogens with one attached hydrogen (secondary N) is 1. The van der Waals surface area contributed by atoms with Crippen molar-refractivity contribution in [2.75, 3.05) is 13.1 Å². The smallest absolute Gasteiger partial charge is 0.231 e. The molecule has 94 valence electrons. The molecule has 2 aromatic rings. The zero-order valence-corrected chi connectivity index (χ0v) is 10.5. The molecule has 0 amide bonds. The van der Waals surface area contributed by atoms with Crippen molar-refractivity contribution in [1.82, 2.24) is 15.5 Å². The summed E-state index contributed by atoms with van der Waals surface area (Å²) in [6.45, 7) is 4.10. The molecular weight excluding hydrogens is 226 g/mol. The van der Waals surface area contributed by atoms with E-state index in [2.05, 4.69) is 34.5 Å². The third-order valence-electron chi connectivity index (χ3n) is 3.40. The second-order valence-electron chi connectivity index (χ2n) is 4.87. The van der Waals surface area contributed by atoms with Gasteiger partial charge < -0.3 is 9.84 Å². The molecule has 3 rings (SSSR count). The van der Waals surface area contributed by atoms with Gasteiger partial charge in [0.2, 0.25) is 11.7 Å². The van der Waals surface area contributed by atoms with E-state index in [1.807, 2.05) is 12.1 Å². The predicted octanol–water partition coefficient (Wildman–Crippen LogP) is 2.51. The van der Waals surface area contributed by atoms with Crippen LogP contribution in [0.15, 0.2) is 28.8 Å². The highest BCUT2D eigenvalue weighted by Crippen LogP contribution is 2.24. The number of aryl methyl sites for hydroxylation is 1. The van der Waals surface area contributed by atoms with Crippen LogP contribution in [0, 0.1) is 6.92 Å². The average Bonchev–Trinajstić information content (AvgIpc) is 2.90. The molecule has 1 aromatic carbocycles. The van der Waals surface area contributed by atoms with Gasteiger partial charge in [-0.05, 0) is 26.3 Å². The van der Waals surface area contributed by atoms with Crippen LogP contribution in [0.5, 0.6) is 0 Å². The molecule has 18 heavy (non-hydrogen) atoms. The summed E-state index contributed by atoms with van der Waals surface area (Å²) in [5, 5.41) is 7.44. The lowest BCUT2D eigenvalue weighted by Gasteiger charge is -2.18. The summed E-state index contributed by atoms with van der Waals surface area (Å²) < 4.78 is 5.39. The van der Waals surface area contributed by atoms with E-state index in [0.29, 0.717) is 11.7 Å². The van der Waals surface area contributed by atoms with E-state index in [9.17, 15) is 0 Å². The second-order valence-corrected chi connectivity index (χ2v) is 4.87. The van der Waals surface area contributed by atoms with E-state index in [4.69, 9.17) is 4.52 Å². The lowest BCUT2D eigenvalue weighted by atomic mass is 10.00. The van der Waals surface area contributed by atoms with Crippen LogP contribution in [-0.4, -0.2) is 23.2 Å². The lowest BCUT2D eigenvalue weighted by molar-refractivity contribution is 0.322. The maximum atomic E-state index is 5.39. The molecule has 1 aliphatic heterocycles. The van der Waals surface area contributed by atoms with Crippen molar-refractivity contribution in [2.45, 2.75) is 25.7 Å². The molecule has 1 atom stereocenters. The van der Waals surface area contributed by atoms with Crippen molar-refractivity contribution in [3.05, 3.63) is 35.7 Å². The van der Waals surface area contributed by atoms with Crippen molar-refractivity contribution in [3.8, 4) is 11.4 Å². The first kappa shape index (κ1) is 11.4. The molecule has 0 saturated carbocycles. The molecule has 0 spiro atoms. The molecule has 1 saturated heterocycles. The van der Waals surface area contributed by atoms with Gasteiger partial charge in [-0.3, -0.25) is 0 Å². The van der Waals surface area contributed by atoms with Gasteiger partial charge >= 0.3 is 0 Å². The highest BCUT2D eigenvalue weighted by atomic mass is 16.5. The van der Waals surface area contributed by atoms with Crippen LogP contribution in [0.4, 0.5) is 0 Å². The van der Waals surface area contributed by atoms with Crippen LogP contribution >= 0.6 is 0 Å². The number of rotatable bonds is 2. The van der Waals surface area contributed by atoms with Crippen LogP contribution in [0.1, 0.15) is 30.2 Å². The van der Waals surface area contributed by atoms with Crippen LogP contribution in [-0.2, 0) is 0 Å². The van der Waals surface area contributed by atoms with Crippen molar-refractivity contribution in [2.24, 2.45) is 0 Å². The van der Waals surface area contributed by atoms with Crippen LogP contribution < -0.4 is 5.32 Å². The topological polar surface area (TPSA) is 51.0 Å². The number of piperidine rings is 1. The first-order valence-electron chi connectivity index (χ1n) is 6.44. The molecule has 1 aliphatic rings. The fourth-order valence-corrected chi connectivity index (χ4v) is 2.28. The highest BCUT2D eigenvalue weighted by molar-refractivity contribution is 5.54. The van der Waals surface area contributed by atoms with Crippen molar-refractivity contribution >= 4 is 0 Å². The van der Waals surface area contributed by atoms with Gasteiger partial charge in [-0.1, -0.05) is 35.0 Å². The van der Waals surface area contributed by atoms with Crippen LogP contribution in [0.2, 0.25) is 0 Å². The first-order valence-corrected chi connectivity index (χ1v) is 6.44. The van der Waals surface area contributed by atoms with Crippen molar-refractivity contribution in [3.63, 3.8) is 0 Å². The second kappa shape index (κ2) is 4.90. The number of nitrogens with zero attached hydrogens (tertiary/aromatic N) is 2. The number of hydrogen-bond acceptors (Lipinski definition) is 4. The summed E-state index contributed by atoms with van der Waals surface area (Å²) in [6, 6.07) is 8.19. The quantitative estimate of drug-likeness (QED) is 0.880. The number of hydrogen-bond donors (Lipinski definition) is 1. The molecule has 4 nitrogen and oxygen atoms in total. The third-order valence-corrected chi connectivity index (χ3v) is 3.40. The van der Waals surface area contributed by atoms with E-state index in [1.165, 1.54) is 12.0 Å². The van der Waals surface area contributed by atoms with Gasteiger partial charge in [0.1, 0.15) is 0 Å². The van der Waals surface area contributed by atoms with Gasteiger partial charge in [-0.2, -0.15) is 4.98 Å². The summed E-state index contributed by atoms with van der Waals surface area (Å²) >= 11 is 0.